The highest BCUT2D eigenvalue weighted by molar-refractivity contribution is 6.49. The van der Waals surface area contributed by atoms with Crippen molar-refractivity contribution < 1.29 is 4.74 Å². The van der Waals surface area contributed by atoms with Gasteiger partial charge in [0.15, 0.2) is 0 Å². The number of hydrogen-bond acceptors (Lipinski definition) is 4. The van der Waals surface area contributed by atoms with Crippen LogP contribution in [0.1, 0.15) is 19.4 Å². The van der Waals surface area contributed by atoms with Crippen LogP contribution < -0.4 is 10.1 Å². The molecule has 1 aliphatic heterocycles. The summed E-state index contributed by atoms with van der Waals surface area (Å²) in [6, 6.07) is 11.7. The highest BCUT2D eigenvalue weighted by atomic mass is 35.5. The lowest BCUT2D eigenvalue weighted by atomic mass is 9.86. The van der Waals surface area contributed by atoms with Gasteiger partial charge in [-0.25, -0.2) is 0 Å². The van der Waals surface area contributed by atoms with E-state index >= 15 is 0 Å². The van der Waals surface area contributed by atoms with Crippen LogP contribution in [0.25, 0.3) is 5.03 Å². The molecule has 4 nitrogen and oxygen atoms in total. The molecule has 0 spiro atoms. The summed E-state index contributed by atoms with van der Waals surface area (Å²) in [5.74, 6) is 0.171. The molecule has 1 aliphatic rings. The maximum absolute atomic E-state index is 9.44. The molecule has 0 aliphatic carbocycles. The van der Waals surface area contributed by atoms with Crippen LogP contribution in [-0.2, 0) is 0 Å². The third-order valence-electron chi connectivity index (χ3n) is 3.72. The van der Waals surface area contributed by atoms with Crippen molar-refractivity contribution in [3.63, 3.8) is 0 Å². The van der Waals surface area contributed by atoms with Gasteiger partial charge in [0.1, 0.15) is 5.75 Å². The molecule has 0 aromatic heterocycles. The second-order valence-corrected chi connectivity index (χ2v) is 5.53. The second-order valence-electron chi connectivity index (χ2n) is 5.12. The Morgan fingerprint density at radius 1 is 1.17 bits per heavy atom. The Balaban J connectivity index is 2.56. The van der Waals surface area contributed by atoms with Crippen LogP contribution >= 0.6 is 11.6 Å². The van der Waals surface area contributed by atoms with Gasteiger partial charge in [0.05, 0.1) is 36.3 Å². The normalized spacial score (nSPS) is 15.8. The molecule has 0 saturated heterocycles. The van der Waals surface area contributed by atoms with E-state index in [2.05, 4.69) is 17.5 Å². The Bertz CT molecular complexity index is 770. The molecule has 0 atom stereocenters. The number of hydrogen-bond donors (Lipinski definition) is 1. The van der Waals surface area contributed by atoms with Gasteiger partial charge in [0.25, 0.3) is 0 Å². The van der Waals surface area contributed by atoms with Crippen molar-refractivity contribution >= 4 is 16.6 Å². The summed E-state index contributed by atoms with van der Waals surface area (Å²) in [6.45, 7) is 3.63. The zero-order chi connectivity index (χ0) is 17.0. The molecule has 0 fully saturated rings. The van der Waals surface area contributed by atoms with E-state index in [9.17, 15) is 10.5 Å². The SMILES string of the molecule is COc1ccccc1/C(Cl)=C/C1C(C#N)=C(C)NC(C)=C1C#N. The van der Waals surface area contributed by atoms with Gasteiger partial charge in [-0.1, -0.05) is 29.8 Å². The Morgan fingerprint density at radius 3 is 2.26 bits per heavy atom. The highest BCUT2D eigenvalue weighted by Crippen LogP contribution is 2.35. The molecule has 0 unspecified atom stereocenters. The van der Waals surface area contributed by atoms with Gasteiger partial charge in [-0.15, -0.1) is 0 Å². The molecule has 116 valence electrons. The summed E-state index contributed by atoms with van der Waals surface area (Å²) in [7, 11) is 1.57. The highest BCUT2D eigenvalue weighted by Gasteiger charge is 2.26. The van der Waals surface area contributed by atoms with E-state index in [1.54, 1.807) is 13.2 Å². The molecule has 1 aromatic carbocycles. The number of allylic oxidation sites excluding steroid dienone is 5. The minimum absolute atomic E-state index is 0.440. The van der Waals surface area contributed by atoms with Crippen LogP contribution in [0.3, 0.4) is 0 Å². The van der Waals surface area contributed by atoms with Crippen molar-refractivity contribution in [1.82, 2.24) is 5.32 Å². The fourth-order valence-corrected chi connectivity index (χ4v) is 2.86. The smallest absolute Gasteiger partial charge is 0.127 e. The molecule has 0 bridgehead atoms. The number of dihydropyridines is 1. The van der Waals surface area contributed by atoms with Crippen molar-refractivity contribution in [3.8, 4) is 17.9 Å². The van der Waals surface area contributed by atoms with Crippen molar-refractivity contribution in [2.24, 2.45) is 5.92 Å². The van der Waals surface area contributed by atoms with E-state index in [1.807, 2.05) is 38.1 Å². The van der Waals surface area contributed by atoms with Gasteiger partial charge in [0, 0.05) is 22.0 Å². The minimum atomic E-state index is -0.469. The lowest BCUT2D eigenvalue weighted by molar-refractivity contribution is 0.413. The van der Waals surface area contributed by atoms with E-state index in [1.165, 1.54) is 0 Å². The fourth-order valence-electron chi connectivity index (χ4n) is 2.58. The molecular formula is C18H16ClN3O. The number of nitrogens with zero attached hydrogens (tertiary/aromatic N) is 2. The molecule has 5 heteroatoms. The number of nitriles is 2. The van der Waals surface area contributed by atoms with Crippen LogP contribution in [0.2, 0.25) is 0 Å². The molecule has 1 heterocycles. The Kier molecular flexibility index (Phi) is 5.11. The predicted molar refractivity (Wildman–Crippen MR) is 90.1 cm³/mol. The fraction of sp³-hybridized carbons (Fsp3) is 0.222. The van der Waals surface area contributed by atoms with Gasteiger partial charge in [-0.05, 0) is 26.0 Å². The quantitative estimate of drug-likeness (QED) is 0.908. The van der Waals surface area contributed by atoms with E-state index in [-0.39, 0.29) is 0 Å². The van der Waals surface area contributed by atoms with Crippen molar-refractivity contribution in [3.05, 3.63) is 58.4 Å². The molecule has 23 heavy (non-hydrogen) atoms. The summed E-state index contributed by atoms with van der Waals surface area (Å²) in [5, 5.41) is 22.4. The van der Waals surface area contributed by atoms with Crippen molar-refractivity contribution in [1.29, 1.82) is 10.5 Å². The molecule has 0 radical (unpaired) electrons. The molecule has 2 rings (SSSR count). The van der Waals surface area contributed by atoms with E-state index in [0.29, 0.717) is 21.9 Å². The lowest BCUT2D eigenvalue weighted by Gasteiger charge is -2.24. The van der Waals surface area contributed by atoms with E-state index < -0.39 is 5.92 Å². The van der Waals surface area contributed by atoms with E-state index in [0.717, 1.165) is 17.0 Å². The third kappa shape index (κ3) is 3.23. The zero-order valence-electron chi connectivity index (χ0n) is 13.1. The first kappa shape index (κ1) is 16.7. The first-order valence-corrected chi connectivity index (χ1v) is 7.40. The van der Waals surface area contributed by atoms with Crippen LogP contribution in [-0.4, -0.2) is 7.11 Å². The van der Waals surface area contributed by atoms with Gasteiger partial charge < -0.3 is 10.1 Å². The summed E-state index contributed by atoms with van der Waals surface area (Å²) >= 11 is 6.46. The maximum atomic E-state index is 9.44. The average Bonchev–Trinajstić information content (AvgIpc) is 2.55. The summed E-state index contributed by atoms with van der Waals surface area (Å²) < 4.78 is 5.31. The van der Waals surface area contributed by atoms with E-state index in [4.69, 9.17) is 16.3 Å². The average molecular weight is 326 g/mol. The number of halogens is 1. The van der Waals surface area contributed by atoms with Crippen LogP contribution in [0.15, 0.2) is 52.9 Å². The maximum Gasteiger partial charge on any atom is 0.127 e. The zero-order valence-corrected chi connectivity index (χ0v) is 13.9. The number of rotatable bonds is 3. The molecule has 0 amide bonds. The summed E-state index contributed by atoms with van der Waals surface area (Å²) in [4.78, 5) is 0. The Labute approximate surface area is 140 Å². The molecule has 1 aromatic rings. The van der Waals surface area contributed by atoms with Gasteiger partial charge in [-0.3, -0.25) is 0 Å². The summed E-state index contributed by atoms with van der Waals surface area (Å²) in [5.41, 5.74) is 3.16. The number of nitrogens with one attached hydrogen (secondary N) is 1. The first-order valence-electron chi connectivity index (χ1n) is 7.03. The first-order chi connectivity index (χ1) is 11.0. The van der Waals surface area contributed by atoms with Crippen LogP contribution in [0.5, 0.6) is 5.75 Å². The second kappa shape index (κ2) is 7.05. The monoisotopic (exact) mass is 325 g/mol. The van der Waals surface area contributed by atoms with Gasteiger partial charge in [-0.2, -0.15) is 10.5 Å². The van der Waals surface area contributed by atoms with Crippen LogP contribution in [0, 0.1) is 28.6 Å². The largest absolute Gasteiger partial charge is 0.496 e. The number of methoxy groups -OCH3 is 1. The predicted octanol–water partition coefficient (Wildman–Crippen LogP) is 4.09. The lowest BCUT2D eigenvalue weighted by Crippen LogP contribution is -2.23. The summed E-state index contributed by atoms with van der Waals surface area (Å²) in [6.07, 6.45) is 1.73. The number of para-hydroxylation sites is 1. The Morgan fingerprint density at radius 2 is 1.74 bits per heavy atom. The minimum Gasteiger partial charge on any atom is -0.496 e. The number of ether oxygens (including phenoxy) is 1. The third-order valence-corrected chi connectivity index (χ3v) is 4.05. The van der Waals surface area contributed by atoms with Crippen molar-refractivity contribution in [2.75, 3.05) is 7.11 Å². The molecule has 0 saturated carbocycles. The van der Waals surface area contributed by atoms with Crippen LogP contribution in [0.4, 0.5) is 0 Å². The van der Waals surface area contributed by atoms with Gasteiger partial charge in [0.2, 0.25) is 0 Å². The van der Waals surface area contributed by atoms with Crippen molar-refractivity contribution in [2.45, 2.75) is 13.8 Å². The number of benzene rings is 1. The topological polar surface area (TPSA) is 68.8 Å². The molecule has 1 N–H and O–H groups in total. The standard InChI is InChI=1S/C18H16ClN3O/c1-11-15(9-20)14(16(10-21)12(2)22-11)8-17(19)13-6-4-5-7-18(13)23-3/h4-8,14,22H,1-3H3/b17-8-. The molecular weight excluding hydrogens is 310 g/mol. The Hall–Kier alpha value is -2.69. The van der Waals surface area contributed by atoms with Gasteiger partial charge >= 0.3 is 0 Å².